The zero-order valence-electron chi connectivity index (χ0n) is 11.3. The van der Waals surface area contributed by atoms with Crippen molar-refractivity contribution in [3.8, 4) is 0 Å². The highest BCUT2D eigenvalue weighted by Crippen LogP contribution is 2.09. The highest BCUT2D eigenvalue weighted by atomic mass is 16.2. The molecule has 0 aliphatic carbocycles. The van der Waals surface area contributed by atoms with Gasteiger partial charge in [-0.15, -0.1) is 0 Å². The lowest BCUT2D eigenvalue weighted by Crippen LogP contribution is -2.37. The van der Waals surface area contributed by atoms with Gasteiger partial charge >= 0.3 is 0 Å². The Kier molecular flexibility index (Phi) is 6.36. The average Bonchev–Trinajstić information content (AvgIpc) is 2.42. The van der Waals surface area contributed by atoms with Crippen LogP contribution < -0.4 is 5.73 Å². The molecule has 1 rings (SSSR count). The first kappa shape index (κ1) is 14.6. The molecular weight excluding hydrogens is 226 g/mol. The molecule has 18 heavy (non-hydrogen) atoms. The van der Waals surface area contributed by atoms with Crippen molar-refractivity contribution in [2.24, 2.45) is 11.7 Å². The SMILES string of the molecule is CCCC(CN)C(=O)N(C)CCc1ccncc1. The van der Waals surface area contributed by atoms with E-state index in [2.05, 4.69) is 11.9 Å². The summed E-state index contributed by atoms with van der Waals surface area (Å²) in [6.07, 6.45) is 6.27. The van der Waals surface area contributed by atoms with E-state index in [1.165, 1.54) is 5.56 Å². The summed E-state index contributed by atoms with van der Waals surface area (Å²) in [6.45, 7) is 3.24. The van der Waals surface area contributed by atoms with Gasteiger partial charge in [0.2, 0.25) is 5.91 Å². The molecule has 2 N–H and O–H groups in total. The minimum atomic E-state index is -0.0301. The zero-order valence-corrected chi connectivity index (χ0v) is 11.3. The molecule has 0 spiro atoms. The normalized spacial score (nSPS) is 12.2. The molecule has 1 unspecified atom stereocenters. The molecule has 0 saturated heterocycles. The third kappa shape index (κ3) is 4.45. The minimum Gasteiger partial charge on any atom is -0.345 e. The predicted octanol–water partition coefficient (Wildman–Crippen LogP) is 1.46. The standard InChI is InChI=1S/C14H23N3O/c1-3-4-13(11-15)14(18)17(2)10-7-12-5-8-16-9-6-12/h5-6,8-9,13H,3-4,7,10-11,15H2,1-2H3. The average molecular weight is 249 g/mol. The van der Waals surface area contributed by atoms with Gasteiger partial charge in [-0.25, -0.2) is 0 Å². The number of aromatic nitrogens is 1. The molecule has 0 bridgehead atoms. The Bertz CT molecular complexity index is 353. The van der Waals surface area contributed by atoms with E-state index in [0.29, 0.717) is 6.54 Å². The van der Waals surface area contributed by atoms with Crippen molar-refractivity contribution >= 4 is 5.91 Å². The number of pyridine rings is 1. The lowest BCUT2D eigenvalue weighted by atomic mass is 10.0. The number of nitrogens with zero attached hydrogens (tertiary/aromatic N) is 2. The van der Waals surface area contributed by atoms with Crippen LogP contribution in [0, 0.1) is 5.92 Å². The highest BCUT2D eigenvalue weighted by Gasteiger charge is 2.19. The van der Waals surface area contributed by atoms with E-state index in [1.807, 2.05) is 19.2 Å². The second kappa shape index (κ2) is 7.82. The van der Waals surface area contributed by atoms with Crippen LogP contribution in [-0.4, -0.2) is 35.9 Å². The quantitative estimate of drug-likeness (QED) is 0.796. The molecule has 1 aromatic heterocycles. The van der Waals surface area contributed by atoms with Crippen LogP contribution in [0.3, 0.4) is 0 Å². The lowest BCUT2D eigenvalue weighted by molar-refractivity contribution is -0.134. The third-order valence-corrected chi connectivity index (χ3v) is 3.13. The Morgan fingerprint density at radius 2 is 2.11 bits per heavy atom. The van der Waals surface area contributed by atoms with Gasteiger partial charge in [-0.3, -0.25) is 9.78 Å². The Balaban J connectivity index is 2.44. The van der Waals surface area contributed by atoms with Gasteiger partial charge in [-0.2, -0.15) is 0 Å². The fraction of sp³-hybridized carbons (Fsp3) is 0.571. The van der Waals surface area contributed by atoms with E-state index in [-0.39, 0.29) is 11.8 Å². The number of nitrogens with two attached hydrogens (primary N) is 1. The number of rotatable bonds is 7. The molecule has 0 radical (unpaired) electrons. The first-order chi connectivity index (χ1) is 8.69. The molecule has 1 amide bonds. The molecule has 0 saturated carbocycles. The largest absolute Gasteiger partial charge is 0.345 e. The number of hydrogen-bond donors (Lipinski definition) is 1. The first-order valence-corrected chi connectivity index (χ1v) is 6.53. The Morgan fingerprint density at radius 3 is 2.67 bits per heavy atom. The molecule has 0 fully saturated rings. The molecule has 0 aliphatic heterocycles. The molecule has 4 nitrogen and oxygen atoms in total. The van der Waals surface area contributed by atoms with Gasteiger partial charge in [0, 0.05) is 32.5 Å². The number of amides is 1. The number of likely N-dealkylation sites (N-methyl/N-ethyl adjacent to an activating group) is 1. The van der Waals surface area contributed by atoms with E-state index in [1.54, 1.807) is 17.3 Å². The maximum absolute atomic E-state index is 12.1. The van der Waals surface area contributed by atoms with E-state index in [4.69, 9.17) is 5.73 Å². The van der Waals surface area contributed by atoms with Crippen LogP contribution in [0.25, 0.3) is 0 Å². The molecule has 0 aliphatic rings. The topological polar surface area (TPSA) is 59.2 Å². The maximum Gasteiger partial charge on any atom is 0.226 e. The van der Waals surface area contributed by atoms with E-state index in [9.17, 15) is 4.79 Å². The zero-order chi connectivity index (χ0) is 13.4. The summed E-state index contributed by atoms with van der Waals surface area (Å²) in [7, 11) is 1.85. The summed E-state index contributed by atoms with van der Waals surface area (Å²) in [6, 6.07) is 3.95. The van der Waals surface area contributed by atoms with Crippen molar-refractivity contribution in [2.75, 3.05) is 20.1 Å². The summed E-state index contributed by atoms with van der Waals surface area (Å²) in [5, 5.41) is 0. The van der Waals surface area contributed by atoms with Gasteiger partial charge in [-0.05, 0) is 30.5 Å². The number of carbonyl (C=O) groups is 1. The smallest absolute Gasteiger partial charge is 0.226 e. The van der Waals surface area contributed by atoms with Crippen molar-refractivity contribution in [1.29, 1.82) is 0 Å². The summed E-state index contributed by atoms with van der Waals surface area (Å²) in [5.74, 6) is 0.130. The molecule has 1 aromatic rings. The van der Waals surface area contributed by atoms with Crippen LogP contribution >= 0.6 is 0 Å². The van der Waals surface area contributed by atoms with Crippen molar-refractivity contribution in [1.82, 2.24) is 9.88 Å². The molecule has 100 valence electrons. The summed E-state index contributed by atoms with van der Waals surface area (Å²) in [5.41, 5.74) is 6.85. The number of hydrogen-bond acceptors (Lipinski definition) is 3. The van der Waals surface area contributed by atoms with Gasteiger partial charge in [0.05, 0.1) is 5.92 Å². The van der Waals surface area contributed by atoms with Crippen LogP contribution in [0.4, 0.5) is 0 Å². The van der Waals surface area contributed by atoms with E-state index in [0.717, 1.165) is 25.8 Å². The van der Waals surface area contributed by atoms with Crippen LogP contribution in [-0.2, 0) is 11.2 Å². The Labute approximate surface area is 109 Å². The van der Waals surface area contributed by atoms with E-state index < -0.39 is 0 Å². The van der Waals surface area contributed by atoms with Crippen LogP contribution in [0.5, 0.6) is 0 Å². The first-order valence-electron chi connectivity index (χ1n) is 6.53. The van der Waals surface area contributed by atoms with Crippen LogP contribution in [0.15, 0.2) is 24.5 Å². The predicted molar refractivity (Wildman–Crippen MR) is 73.0 cm³/mol. The van der Waals surface area contributed by atoms with Gasteiger partial charge in [-0.1, -0.05) is 13.3 Å². The second-order valence-electron chi connectivity index (χ2n) is 4.59. The lowest BCUT2D eigenvalue weighted by Gasteiger charge is -2.22. The third-order valence-electron chi connectivity index (χ3n) is 3.13. The van der Waals surface area contributed by atoms with Gasteiger partial charge in [0.15, 0.2) is 0 Å². The monoisotopic (exact) mass is 249 g/mol. The van der Waals surface area contributed by atoms with E-state index >= 15 is 0 Å². The molecule has 1 atom stereocenters. The Morgan fingerprint density at radius 1 is 1.44 bits per heavy atom. The van der Waals surface area contributed by atoms with Crippen LogP contribution in [0.2, 0.25) is 0 Å². The maximum atomic E-state index is 12.1. The highest BCUT2D eigenvalue weighted by molar-refractivity contribution is 5.78. The molecule has 0 aromatic carbocycles. The second-order valence-corrected chi connectivity index (χ2v) is 4.59. The van der Waals surface area contributed by atoms with Crippen molar-refractivity contribution < 1.29 is 4.79 Å². The van der Waals surface area contributed by atoms with Gasteiger partial charge in [0.1, 0.15) is 0 Å². The minimum absolute atomic E-state index is 0.0301. The number of carbonyl (C=O) groups excluding carboxylic acids is 1. The van der Waals surface area contributed by atoms with Crippen LogP contribution in [0.1, 0.15) is 25.3 Å². The van der Waals surface area contributed by atoms with Crippen molar-refractivity contribution in [2.45, 2.75) is 26.2 Å². The van der Waals surface area contributed by atoms with Gasteiger partial charge in [0.25, 0.3) is 0 Å². The molecule has 1 heterocycles. The summed E-state index contributed by atoms with van der Waals surface area (Å²) >= 11 is 0. The van der Waals surface area contributed by atoms with Crippen molar-refractivity contribution in [3.05, 3.63) is 30.1 Å². The Hall–Kier alpha value is -1.42. The fourth-order valence-corrected chi connectivity index (χ4v) is 1.96. The van der Waals surface area contributed by atoms with Crippen molar-refractivity contribution in [3.63, 3.8) is 0 Å². The molecule has 4 heteroatoms. The molecular formula is C14H23N3O. The fourth-order valence-electron chi connectivity index (χ4n) is 1.96. The summed E-state index contributed by atoms with van der Waals surface area (Å²) in [4.78, 5) is 17.9. The van der Waals surface area contributed by atoms with Gasteiger partial charge < -0.3 is 10.6 Å². The summed E-state index contributed by atoms with van der Waals surface area (Å²) < 4.78 is 0.